The standard InChI is InChI=1S/C11H13Br2NO2/c1-7(2)16-11(15)6-14-10-4-3-8(12)5-9(10)13/h3-5,7,14H,6H2,1-2H3. The molecule has 0 atom stereocenters. The van der Waals surface area contributed by atoms with E-state index >= 15 is 0 Å². The maximum atomic E-state index is 11.3. The minimum Gasteiger partial charge on any atom is -0.462 e. The average molecular weight is 351 g/mol. The van der Waals surface area contributed by atoms with Crippen LogP contribution in [0.5, 0.6) is 0 Å². The Hall–Kier alpha value is -0.550. The lowest BCUT2D eigenvalue weighted by Gasteiger charge is -2.10. The van der Waals surface area contributed by atoms with Crippen LogP contribution in [-0.2, 0) is 9.53 Å². The molecule has 0 saturated heterocycles. The molecule has 0 heterocycles. The highest BCUT2D eigenvalue weighted by atomic mass is 79.9. The van der Waals surface area contributed by atoms with Crippen LogP contribution in [0.2, 0.25) is 0 Å². The Balaban J connectivity index is 2.51. The summed E-state index contributed by atoms with van der Waals surface area (Å²) in [4.78, 5) is 11.3. The molecule has 0 amide bonds. The molecule has 1 rings (SSSR count). The van der Waals surface area contributed by atoms with Crippen molar-refractivity contribution in [3.63, 3.8) is 0 Å². The lowest BCUT2D eigenvalue weighted by molar-refractivity contribution is -0.145. The van der Waals surface area contributed by atoms with Gasteiger partial charge in [-0.25, -0.2) is 0 Å². The predicted octanol–water partition coefficient (Wildman–Crippen LogP) is 3.58. The molecule has 0 saturated carbocycles. The molecular formula is C11H13Br2NO2. The Morgan fingerprint density at radius 3 is 2.69 bits per heavy atom. The molecule has 0 unspecified atom stereocenters. The van der Waals surface area contributed by atoms with Gasteiger partial charge in [0.15, 0.2) is 0 Å². The number of benzene rings is 1. The van der Waals surface area contributed by atoms with Crippen LogP contribution in [0.15, 0.2) is 27.1 Å². The zero-order valence-corrected chi connectivity index (χ0v) is 12.3. The highest BCUT2D eigenvalue weighted by Crippen LogP contribution is 2.25. The predicted molar refractivity (Wildman–Crippen MR) is 71.6 cm³/mol. The second kappa shape index (κ2) is 6.25. The van der Waals surface area contributed by atoms with E-state index in [4.69, 9.17) is 4.74 Å². The molecule has 3 nitrogen and oxygen atoms in total. The molecule has 0 aliphatic heterocycles. The molecule has 88 valence electrons. The number of esters is 1. The van der Waals surface area contributed by atoms with E-state index in [-0.39, 0.29) is 18.6 Å². The van der Waals surface area contributed by atoms with E-state index in [0.717, 1.165) is 14.6 Å². The summed E-state index contributed by atoms with van der Waals surface area (Å²) in [6, 6.07) is 5.70. The van der Waals surface area contributed by atoms with Gasteiger partial charge in [-0.2, -0.15) is 0 Å². The normalized spacial score (nSPS) is 10.3. The highest BCUT2D eigenvalue weighted by Gasteiger charge is 2.06. The third kappa shape index (κ3) is 4.53. The first-order valence-electron chi connectivity index (χ1n) is 4.87. The van der Waals surface area contributed by atoms with Gasteiger partial charge < -0.3 is 10.1 Å². The van der Waals surface area contributed by atoms with Gasteiger partial charge >= 0.3 is 5.97 Å². The van der Waals surface area contributed by atoms with Gasteiger partial charge in [0.1, 0.15) is 6.54 Å². The van der Waals surface area contributed by atoms with Gasteiger partial charge in [-0.1, -0.05) is 15.9 Å². The Bertz CT molecular complexity index is 380. The van der Waals surface area contributed by atoms with E-state index in [0.29, 0.717) is 0 Å². The second-order valence-electron chi connectivity index (χ2n) is 3.52. The number of halogens is 2. The van der Waals surface area contributed by atoms with Crippen molar-refractivity contribution in [2.75, 3.05) is 11.9 Å². The van der Waals surface area contributed by atoms with E-state index in [9.17, 15) is 4.79 Å². The monoisotopic (exact) mass is 349 g/mol. The van der Waals surface area contributed by atoms with Crippen molar-refractivity contribution >= 4 is 43.5 Å². The molecule has 0 spiro atoms. The fourth-order valence-corrected chi connectivity index (χ4v) is 2.29. The minimum atomic E-state index is -0.259. The molecule has 1 aromatic carbocycles. The molecule has 0 radical (unpaired) electrons. The van der Waals surface area contributed by atoms with Crippen LogP contribution in [0, 0.1) is 0 Å². The lowest BCUT2D eigenvalue weighted by Crippen LogP contribution is -2.20. The summed E-state index contributed by atoms with van der Waals surface area (Å²) in [7, 11) is 0. The van der Waals surface area contributed by atoms with Crippen molar-refractivity contribution in [3.05, 3.63) is 27.1 Å². The van der Waals surface area contributed by atoms with Crippen LogP contribution >= 0.6 is 31.9 Å². The van der Waals surface area contributed by atoms with Crippen LogP contribution in [0.25, 0.3) is 0 Å². The summed E-state index contributed by atoms with van der Waals surface area (Å²) in [6.07, 6.45) is -0.0809. The van der Waals surface area contributed by atoms with Crippen LogP contribution in [-0.4, -0.2) is 18.6 Å². The molecule has 0 bridgehead atoms. The lowest BCUT2D eigenvalue weighted by atomic mass is 10.3. The Morgan fingerprint density at radius 2 is 2.12 bits per heavy atom. The summed E-state index contributed by atoms with van der Waals surface area (Å²) >= 11 is 6.76. The van der Waals surface area contributed by atoms with Gasteiger partial charge in [0, 0.05) is 14.6 Å². The molecule has 1 aromatic rings. The molecule has 1 N–H and O–H groups in total. The van der Waals surface area contributed by atoms with Gasteiger partial charge in [-0.05, 0) is 48.0 Å². The first-order chi connectivity index (χ1) is 7.49. The minimum absolute atomic E-state index is 0.0809. The summed E-state index contributed by atoms with van der Waals surface area (Å²) in [5, 5.41) is 3.00. The number of nitrogens with one attached hydrogen (secondary N) is 1. The van der Waals surface area contributed by atoms with Crippen LogP contribution < -0.4 is 5.32 Å². The van der Waals surface area contributed by atoms with Crippen molar-refractivity contribution in [1.29, 1.82) is 0 Å². The summed E-state index contributed by atoms with van der Waals surface area (Å²) in [5.41, 5.74) is 0.865. The number of carbonyl (C=O) groups excluding carboxylic acids is 1. The summed E-state index contributed by atoms with van der Waals surface area (Å²) < 4.78 is 6.89. The Kier molecular flexibility index (Phi) is 5.28. The van der Waals surface area contributed by atoms with Gasteiger partial charge in [0.05, 0.1) is 6.10 Å². The van der Waals surface area contributed by atoms with E-state index < -0.39 is 0 Å². The quantitative estimate of drug-likeness (QED) is 0.843. The van der Waals surface area contributed by atoms with Crippen molar-refractivity contribution in [2.24, 2.45) is 0 Å². The number of carbonyl (C=O) groups is 1. The molecule has 16 heavy (non-hydrogen) atoms. The van der Waals surface area contributed by atoms with Gasteiger partial charge in [-0.15, -0.1) is 0 Å². The molecule has 0 fully saturated rings. The molecule has 5 heteroatoms. The van der Waals surface area contributed by atoms with Crippen LogP contribution in [0.1, 0.15) is 13.8 Å². The summed E-state index contributed by atoms with van der Waals surface area (Å²) in [6.45, 7) is 3.82. The molecule has 0 aliphatic rings. The van der Waals surface area contributed by atoms with Crippen molar-refractivity contribution in [1.82, 2.24) is 0 Å². The molecule has 0 aliphatic carbocycles. The molecular weight excluding hydrogens is 338 g/mol. The Labute approximate surface area is 112 Å². The summed E-state index contributed by atoms with van der Waals surface area (Å²) in [5.74, 6) is -0.259. The first-order valence-corrected chi connectivity index (χ1v) is 6.46. The van der Waals surface area contributed by atoms with E-state index in [1.54, 1.807) is 0 Å². The first kappa shape index (κ1) is 13.5. The van der Waals surface area contributed by atoms with Crippen molar-refractivity contribution in [2.45, 2.75) is 20.0 Å². The zero-order chi connectivity index (χ0) is 12.1. The third-order valence-electron chi connectivity index (χ3n) is 1.72. The Morgan fingerprint density at radius 1 is 1.44 bits per heavy atom. The maximum Gasteiger partial charge on any atom is 0.325 e. The van der Waals surface area contributed by atoms with Crippen LogP contribution in [0.3, 0.4) is 0 Å². The topological polar surface area (TPSA) is 38.3 Å². The van der Waals surface area contributed by atoms with Gasteiger partial charge in [-0.3, -0.25) is 4.79 Å². The highest BCUT2D eigenvalue weighted by molar-refractivity contribution is 9.11. The fraction of sp³-hybridized carbons (Fsp3) is 0.364. The zero-order valence-electron chi connectivity index (χ0n) is 9.09. The average Bonchev–Trinajstić information content (AvgIpc) is 2.15. The smallest absolute Gasteiger partial charge is 0.325 e. The third-order valence-corrected chi connectivity index (χ3v) is 2.87. The van der Waals surface area contributed by atoms with Gasteiger partial charge in [0.25, 0.3) is 0 Å². The van der Waals surface area contributed by atoms with Crippen molar-refractivity contribution < 1.29 is 9.53 Å². The van der Waals surface area contributed by atoms with Gasteiger partial charge in [0.2, 0.25) is 0 Å². The number of hydrogen-bond acceptors (Lipinski definition) is 3. The number of hydrogen-bond donors (Lipinski definition) is 1. The van der Waals surface area contributed by atoms with E-state index in [2.05, 4.69) is 37.2 Å². The van der Waals surface area contributed by atoms with Crippen LogP contribution in [0.4, 0.5) is 5.69 Å². The SMILES string of the molecule is CC(C)OC(=O)CNc1ccc(Br)cc1Br. The largest absolute Gasteiger partial charge is 0.462 e. The second-order valence-corrected chi connectivity index (χ2v) is 5.29. The van der Waals surface area contributed by atoms with Crippen molar-refractivity contribution in [3.8, 4) is 0 Å². The maximum absolute atomic E-state index is 11.3. The number of rotatable bonds is 4. The number of ether oxygens (including phenoxy) is 1. The van der Waals surface area contributed by atoms with E-state index in [1.165, 1.54) is 0 Å². The van der Waals surface area contributed by atoms with E-state index in [1.807, 2.05) is 32.0 Å². The molecule has 0 aromatic heterocycles. The fourth-order valence-electron chi connectivity index (χ4n) is 1.10. The number of anilines is 1.